The number of hydrogen-bond acceptors (Lipinski definition) is 9. The van der Waals surface area contributed by atoms with E-state index in [9.17, 15) is 9.36 Å². The average molecular weight is 410 g/mol. The van der Waals surface area contributed by atoms with Gasteiger partial charge in [0.15, 0.2) is 5.16 Å². The smallest absolute Gasteiger partial charge is 0.339 e. The van der Waals surface area contributed by atoms with E-state index < -0.39 is 26.4 Å². The molecule has 0 saturated carbocycles. The molecule has 0 unspecified atom stereocenters. The molecule has 1 aromatic heterocycles. The van der Waals surface area contributed by atoms with Crippen molar-refractivity contribution >= 4 is 37.2 Å². The Morgan fingerprint density at radius 2 is 1.54 bits per heavy atom. The number of carboxylic acid groups (broad SMARTS) is 1. The van der Waals surface area contributed by atoms with Crippen LogP contribution in [0.4, 0.5) is 11.9 Å². The van der Waals surface area contributed by atoms with Gasteiger partial charge < -0.3 is 25.5 Å². The Labute approximate surface area is 157 Å². The summed E-state index contributed by atoms with van der Waals surface area (Å²) in [4.78, 5) is 39.0. The predicted molar refractivity (Wildman–Crippen MR) is 102 cm³/mol. The lowest BCUT2D eigenvalue weighted by atomic mass is 10.4. The highest BCUT2D eigenvalue weighted by Gasteiger charge is 2.11. The molecule has 1 aromatic rings. The second kappa shape index (κ2) is 12.0. The normalized spacial score (nSPS) is 11.1. The molecule has 1 rings (SSSR count). The number of aromatic nitrogens is 3. The van der Waals surface area contributed by atoms with Crippen molar-refractivity contribution in [2.24, 2.45) is 0 Å². The molecule has 26 heavy (non-hydrogen) atoms. The summed E-state index contributed by atoms with van der Waals surface area (Å²) in [6.07, 6.45) is 1.35. The van der Waals surface area contributed by atoms with Crippen molar-refractivity contribution < 1.29 is 24.3 Å². The first-order valence-corrected chi connectivity index (χ1v) is 10.8. The number of carboxylic acids is 1. The van der Waals surface area contributed by atoms with Crippen molar-refractivity contribution in [3.63, 3.8) is 0 Å². The Morgan fingerprint density at radius 1 is 1.08 bits per heavy atom. The third kappa shape index (κ3) is 13.8. The van der Waals surface area contributed by atoms with Gasteiger partial charge in [-0.25, -0.2) is 0 Å². The summed E-state index contributed by atoms with van der Waals surface area (Å²) in [6, 6.07) is 0.619. The average Bonchev–Trinajstić information content (AvgIpc) is 2.44. The van der Waals surface area contributed by atoms with E-state index in [0.717, 1.165) is 5.16 Å². The Kier molecular flexibility index (Phi) is 11.3. The molecule has 0 aliphatic carbocycles. The monoisotopic (exact) mass is 410 g/mol. The van der Waals surface area contributed by atoms with E-state index in [0.29, 0.717) is 24.0 Å². The fourth-order valence-corrected chi connectivity index (χ4v) is 2.16. The second-order valence-electron chi connectivity index (χ2n) is 5.71. The molecule has 0 bridgehead atoms. The van der Waals surface area contributed by atoms with Crippen LogP contribution in [0, 0.1) is 0 Å². The first-order valence-electron chi connectivity index (χ1n) is 7.73. The van der Waals surface area contributed by atoms with Crippen LogP contribution in [0.15, 0.2) is 5.16 Å². The molecule has 13 heteroatoms. The minimum absolute atomic E-state index is 0.309. The van der Waals surface area contributed by atoms with Crippen LogP contribution in [0.25, 0.3) is 0 Å². The molecule has 0 aliphatic heterocycles. The van der Waals surface area contributed by atoms with E-state index in [4.69, 9.17) is 14.9 Å². The van der Waals surface area contributed by atoms with Crippen molar-refractivity contribution in [1.29, 1.82) is 0 Å². The first-order chi connectivity index (χ1) is 11.9. The van der Waals surface area contributed by atoms with Crippen LogP contribution in [-0.4, -0.2) is 67.0 Å². The topological polar surface area (TPSA) is 170 Å². The van der Waals surface area contributed by atoms with Gasteiger partial charge in [0.2, 0.25) is 11.9 Å². The molecule has 0 aliphatic rings. The van der Waals surface area contributed by atoms with E-state index in [1.165, 1.54) is 11.8 Å². The standard InChI is InChI=1S/C10H19N5S.C3H8NO5P/c1-6(2)11-8-13-9(12-7(3)4)15-10(14-8)16-5;5-3(6)1-4-2-10(7,8)9/h6-7H,1-5H3,(H2,11,12,13,14,15);4H,1-2H2,(H,5,6)(H2,7,8,9). The number of rotatable bonds is 9. The number of aliphatic carboxylic acids is 1. The number of nitrogens with zero attached hydrogens (tertiary/aromatic N) is 3. The number of anilines is 2. The maximum atomic E-state index is 10.1. The zero-order valence-electron chi connectivity index (χ0n) is 15.4. The van der Waals surface area contributed by atoms with Crippen LogP contribution in [0.2, 0.25) is 0 Å². The largest absolute Gasteiger partial charge is 0.480 e. The maximum absolute atomic E-state index is 10.1. The van der Waals surface area contributed by atoms with Gasteiger partial charge in [0, 0.05) is 12.1 Å². The summed E-state index contributed by atoms with van der Waals surface area (Å²) in [6.45, 7) is 7.78. The van der Waals surface area contributed by atoms with Gasteiger partial charge in [0.1, 0.15) is 0 Å². The molecule has 150 valence electrons. The first kappa shape index (κ1) is 24.5. The fraction of sp³-hybridized carbons (Fsp3) is 0.692. The van der Waals surface area contributed by atoms with Crippen LogP contribution in [0.5, 0.6) is 0 Å². The molecule has 0 fully saturated rings. The lowest BCUT2D eigenvalue weighted by Crippen LogP contribution is -2.23. The summed E-state index contributed by atoms with van der Waals surface area (Å²) in [5.74, 6) is 0.100. The summed E-state index contributed by atoms with van der Waals surface area (Å²) < 4.78 is 10.1. The van der Waals surface area contributed by atoms with Gasteiger partial charge >= 0.3 is 13.6 Å². The molecule has 0 radical (unpaired) electrons. The van der Waals surface area contributed by atoms with Gasteiger partial charge in [-0.3, -0.25) is 14.7 Å². The highest BCUT2D eigenvalue weighted by atomic mass is 32.2. The number of hydrogen-bond donors (Lipinski definition) is 6. The number of thioether (sulfide) groups is 1. The van der Waals surface area contributed by atoms with Gasteiger partial charge in [0.25, 0.3) is 0 Å². The van der Waals surface area contributed by atoms with Crippen LogP contribution in [0.1, 0.15) is 27.7 Å². The molecule has 0 spiro atoms. The van der Waals surface area contributed by atoms with E-state index in [2.05, 4.69) is 58.6 Å². The SMILES string of the molecule is CSc1nc(NC(C)C)nc(NC(C)C)n1.O=C(O)CNCP(=O)(O)O. The molecule has 0 aromatic carbocycles. The highest BCUT2D eigenvalue weighted by molar-refractivity contribution is 7.98. The summed E-state index contributed by atoms with van der Waals surface area (Å²) in [7, 11) is -4.10. The zero-order valence-corrected chi connectivity index (χ0v) is 17.1. The van der Waals surface area contributed by atoms with Crippen LogP contribution < -0.4 is 16.0 Å². The van der Waals surface area contributed by atoms with E-state index in [1.807, 2.05) is 6.26 Å². The molecular formula is C13H27N6O5PS. The predicted octanol–water partition coefficient (Wildman–Crippen LogP) is 1.03. The number of nitrogens with one attached hydrogen (secondary N) is 3. The quantitative estimate of drug-likeness (QED) is 0.253. The Balaban J connectivity index is 0.000000541. The molecule has 1 heterocycles. The van der Waals surface area contributed by atoms with Gasteiger partial charge in [-0.15, -0.1) is 0 Å². The highest BCUT2D eigenvalue weighted by Crippen LogP contribution is 2.31. The van der Waals surface area contributed by atoms with Crippen molar-refractivity contribution in [1.82, 2.24) is 20.3 Å². The Hall–Kier alpha value is -1.46. The minimum atomic E-state index is -4.10. The van der Waals surface area contributed by atoms with Gasteiger partial charge in [0.05, 0.1) is 12.8 Å². The molecular weight excluding hydrogens is 383 g/mol. The molecule has 0 amide bonds. The Bertz CT molecular complexity index is 584. The van der Waals surface area contributed by atoms with E-state index in [1.54, 1.807) is 0 Å². The van der Waals surface area contributed by atoms with Crippen molar-refractivity contribution in [2.45, 2.75) is 44.9 Å². The maximum Gasteiger partial charge on any atom is 0.339 e. The molecule has 6 N–H and O–H groups in total. The third-order valence-corrected chi connectivity index (χ3v) is 3.41. The molecule has 0 saturated heterocycles. The van der Waals surface area contributed by atoms with Crippen molar-refractivity contribution in [3.05, 3.63) is 0 Å². The minimum Gasteiger partial charge on any atom is -0.480 e. The van der Waals surface area contributed by atoms with E-state index in [-0.39, 0.29) is 0 Å². The fourth-order valence-electron chi connectivity index (χ4n) is 1.40. The molecule has 11 nitrogen and oxygen atoms in total. The van der Waals surface area contributed by atoms with Crippen LogP contribution >= 0.6 is 19.4 Å². The third-order valence-electron chi connectivity index (χ3n) is 2.23. The van der Waals surface area contributed by atoms with Crippen LogP contribution in [-0.2, 0) is 9.36 Å². The van der Waals surface area contributed by atoms with Gasteiger partial charge in [-0.1, -0.05) is 11.8 Å². The number of carbonyl (C=O) groups is 1. The van der Waals surface area contributed by atoms with Crippen LogP contribution in [0.3, 0.4) is 0 Å². The zero-order chi connectivity index (χ0) is 20.3. The molecule has 0 atom stereocenters. The van der Waals surface area contributed by atoms with Crippen molar-refractivity contribution in [2.75, 3.05) is 29.7 Å². The van der Waals surface area contributed by atoms with Crippen molar-refractivity contribution in [3.8, 4) is 0 Å². The summed E-state index contributed by atoms with van der Waals surface area (Å²) in [5, 5.41) is 17.1. The van der Waals surface area contributed by atoms with Gasteiger partial charge in [-0.05, 0) is 34.0 Å². The summed E-state index contributed by atoms with van der Waals surface area (Å²) >= 11 is 1.51. The second-order valence-corrected chi connectivity index (χ2v) is 8.13. The Morgan fingerprint density at radius 3 is 1.85 bits per heavy atom. The summed E-state index contributed by atoms with van der Waals surface area (Å²) in [5.41, 5.74) is 0. The van der Waals surface area contributed by atoms with Gasteiger partial charge in [-0.2, -0.15) is 15.0 Å². The van der Waals surface area contributed by atoms with E-state index >= 15 is 0 Å². The lowest BCUT2D eigenvalue weighted by Gasteiger charge is -2.12. The lowest BCUT2D eigenvalue weighted by molar-refractivity contribution is -0.135.